The molecule has 2 aromatic rings. The van der Waals surface area contributed by atoms with Crippen molar-refractivity contribution in [2.45, 2.75) is 0 Å². The van der Waals surface area contributed by atoms with Gasteiger partial charge in [-0.25, -0.2) is 18.0 Å². The quantitative estimate of drug-likeness (QED) is 0.570. The van der Waals surface area contributed by atoms with Crippen molar-refractivity contribution in [2.75, 3.05) is 18.5 Å². The first-order chi connectivity index (χ1) is 12.3. The molecule has 0 atom stereocenters. The lowest BCUT2D eigenvalue weighted by Crippen LogP contribution is -2.35. The van der Waals surface area contributed by atoms with E-state index in [9.17, 15) is 27.6 Å². The van der Waals surface area contributed by atoms with Gasteiger partial charge < -0.3 is 15.4 Å². The summed E-state index contributed by atoms with van der Waals surface area (Å²) in [5.41, 5.74) is -0.579. The Kier molecular flexibility index (Phi) is 6.58. The van der Waals surface area contributed by atoms with Crippen molar-refractivity contribution in [3.63, 3.8) is 0 Å². The van der Waals surface area contributed by atoms with Gasteiger partial charge in [0.25, 0.3) is 5.91 Å². The molecule has 0 unspecified atom stereocenters. The van der Waals surface area contributed by atoms with Crippen molar-refractivity contribution in [1.82, 2.24) is 5.32 Å². The van der Waals surface area contributed by atoms with E-state index in [1.165, 1.54) is 12.1 Å². The zero-order valence-corrected chi connectivity index (χ0v) is 14.3. The molecule has 2 N–H and O–H groups in total. The van der Waals surface area contributed by atoms with Crippen LogP contribution >= 0.6 is 22.9 Å². The van der Waals surface area contributed by atoms with E-state index in [-0.39, 0.29) is 4.88 Å². The maximum Gasteiger partial charge on any atom is 0.348 e. The van der Waals surface area contributed by atoms with Crippen molar-refractivity contribution in [1.29, 1.82) is 0 Å². The molecular weight excluding hydrogens is 397 g/mol. The van der Waals surface area contributed by atoms with Crippen LogP contribution in [0.15, 0.2) is 24.3 Å². The van der Waals surface area contributed by atoms with Gasteiger partial charge in [0.1, 0.15) is 4.88 Å². The number of benzene rings is 1. The Labute approximate surface area is 153 Å². The number of ether oxygens (including phenoxy) is 1. The minimum atomic E-state index is -1.73. The topological polar surface area (TPSA) is 84.5 Å². The molecular formula is C15H10ClF3N2O4S. The fourth-order valence-corrected chi connectivity index (χ4v) is 2.61. The molecule has 0 aliphatic rings. The normalized spacial score (nSPS) is 10.3. The Morgan fingerprint density at radius 2 is 1.77 bits per heavy atom. The number of amides is 2. The van der Waals surface area contributed by atoms with E-state index in [1.54, 1.807) is 0 Å². The smallest absolute Gasteiger partial charge is 0.348 e. The number of esters is 1. The fraction of sp³-hybridized carbons (Fsp3) is 0.133. The standard InChI is InChI=1S/C15H10ClF3N2O4S/c16-10-4-3-9(26-10)15(24)25-6-12(23)20-5-11(22)21-8-2-1-7(17)13(18)14(8)19/h1-4H,5-6H2,(H,20,23)(H,21,22). The van der Waals surface area contributed by atoms with Gasteiger partial charge >= 0.3 is 5.97 Å². The second-order valence-electron chi connectivity index (χ2n) is 4.73. The first-order valence-corrected chi connectivity index (χ1v) is 8.10. The fourth-order valence-electron chi connectivity index (χ4n) is 1.67. The summed E-state index contributed by atoms with van der Waals surface area (Å²) in [6.45, 7) is -1.25. The van der Waals surface area contributed by atoms with Gasteiger partial charge in [-0.1, -0.05) is 11.6 Å². The van der Waals surface area contributed by atoms with E-state index in [0.29, 0.717) is 10.4 Å². The Morgan fingerprint density at radius 3 is 2.42 bits per heavy atom. The highest BCUT2D eigenvalue weighted by molar-refractivity contribution is 7.17. The van der Waals surface area contributed by atoms with Crippen molar-refractivity contribution in [3.05, 3.63) is 50.9 Å². The van der Waals surface area contributed by atoms with Gasteiger partial charge in [-0.3, -0.25) is 9.59 Å². The SMILES string of the molecule is O=C(COC(=O)c1ccc(Cl)s1)NCC(=O)Nc1ccc(F)c(F)c1F. The van der Waals surface area contributed by atoms with Gasteiger partial charge in [-0.15, -0.1) is 11.3 Å². The summed E-state index contributed by atoms with van der Waals surface area (Å²) in [6.07, 6.45) is 0. The molecule has 1 aromatic heterocycles. The molecule has 0 bridgehead atoms. The summed E-state index contributed by atoms with van der Waals surface area (Å²) in [7, 11) is 0. The average molecular weight is 407 g/mol. The number of rotatable bonds is 6. The van der Waals surface area contributed by atoms with Gasteiger partial charge in [0, 0.05) is 0 Å². The van der Waals surface area contributed by atoms with Crippen LogP contribution in [-0.2, 0) is 14.3 Å². The van der Waals surface area contributed by atoms with Crippen LogP contribution in [-0.4, -0.2) is 30.9 Å². The van der Waals surface area contributed by atoms with Crippen LogP contribution < -0.4 is 10.6 Å². The molecule has 0 aliphatic carbocycles. The average Bonchev–Trinajstić information content (AvgIpc) is 3.05. The second-order valence-corrected chi connectivity index (χ2v) is 6.44. The van der Waals surface area contributed by atoms with E-state index in [4.69, 9.17) is 16.3 Å². The molecule has 0 aliphatic heterocycles. The summed E-state index contributed by atoms with van der Waals surface area (Å²) in [6, 6.07) is 4.39. The first-order valence-electron chi connectivity index (χ1n) is 6.90. The van der Waals surface area contributed by atoms with E-state index in [1.807, 2.05) is 5.32 Å². The van der Waals surface area contributed by atoms with E-state index < -0.39 is 54.1 Å². The van der Waals surface area contributed by atoms with Crippen molar-refractivity contribution >= 4 is 46.4 Å². The van der Waals surface area contributed by atoms with E-state index in [2.05, 4.69) is 5.32 Å². The summed E-state index contributed by atoms with van der Waals surface area (Å²) in [5, 5.41) is 4.09. The number of carbonyl (C=O) groups is 3. The summed E-state index contributed by atoms with van der Waals surface area (Å²) >= 11 is 6.64. The zero-order valence-electron chi connectivity index (χ0n) is 12.8. The number of thiophene rings is 1. The van der Waals surface area contributed by atoms with Crippen LogP contribution in [0.3, 0.4) is 0 Å². The number of halogens is 4. The van der Waals surface area contributed by atoms with Crippen molar-refractivity contribution in [2.24, 2.45) is 0 Å². The molecule has 1 aromatic carbocycles. The highest BCUT2D eigenvalue weighted by atomic mass is 35.5. The summed E-state index contributed by atoms with van der Waals surface area (Å²) in [4.78, 5) is 34.9. The van der Waals surface area contributed by atoms with Crippen LogP contribution in [0, 0.1) is 17.5 Å². The van der Waals surface area contributed by atoms with Crippen molar-refractivity contribution < 1.29 is 32.3 Å². The van der Waals surface area contributed by atoms with Gasteiger partial charge in [0.15, 0.2) is 24.1 Å². The van der Waals surface area contributed by atoms with Crippen molar-refractivity contribution in [3.8, 4) is 0 Å². The molecule has 11 heteroatoms. The third-order valence-electron chi connectivity index (χ3n) is 2.86. The van der Waals surface area contributed by atoms with Gasteiger partial charge in [0.05, 0.1) is 16.6 Å². The summed E-state index contributed by atoms with van der Waals surface area (Å²) < 4.78 is 44.3. The summed E-state index contributed by atoms with van der Waals surface area (Å²) in [5.74, 6) is -7.13. The predicted octanol–water partition coefficient (Wildman–Crippen LogP) is 2.73. The highest BCUT2D eigenvalue weighted by Crippen LogP contribution is 2.22. The van der Waals surface area contributed by atoms with Crippen LogP contribution in [0.5, 0.6) is 0 Å². The lowest BCUT2D eigenvalue weighted by Gasteiger charge is -2.08. The molecule has 138 valence electrons. The third kappa shape index (κ3) is 5.20. The van der Waals surface area contributed by atoms with Crippen LogP contribution in [0.25, 0.3) is 0 Å². The molecule has 0 saturated heterocycles. The molecule has 0 radical (unpaired) electrons. The minimum Gasteiger partial charge on any atom is -0.451 e. The largest absolute Gasteiger partial charge is 0.451 e. The predicted molar refractivity (Wildman–Crippen MR) is 87.6 cm³/mol. The van der Waals surface area contributed by atoms with Gasteiger partial charge in [0.2, 0.25) is 5.91 Å². The molecule has 0 fully saturated rings. The lowest BCUT2D eigenvalue weighted by molar-refractivity contribution is -0.126. The highest BCUT2D eigenvalue weighted by Gasteiger charge is 2.16. The zero-order chi connectivity index (χ0) is 19.3. The minimum absolute atomic E-state index is 0.203. The Morgan fingerprint density at radius 1 is 1.04 bits per heavy atom. The Bertz CT molecular complexity index is 859. The Hall–Kier alpha value is -2.59. The molecule has 2 rings (SSSR count). The second kappa shape index (κ2) is 8.68. The molecule has 26 heavy (non-hydrogen) atoms. The lowest BCUT2D eigenvalue weighted by atomic mass is 10.2. The maximum atomic E-state index is 13.4. The van der Waals surface area contributed by atoms with Crippen LogP contribution in [0.4, 0.5) is 18.9 Å². The first kappa shape index (κ1) is 19.7. The molecule has 1 heterocycles. The van der Waals surface area contributed by atoms with E-state index >= 15 is 0 Å². The van der Waals surface area contributed by atoms with E-state index in [0.717, 1.165) is 17.4 Å². The molecule has 0 saturated carbocycles. The molecule has 2 amide bonds. The monoisotopic (exact) mass is 406 g/mol. The van der Waals surface area contributed by atoms with Crippen LogP contribution in [0.2, 0.25) is 4.34 Å². The number of hydrogen-bond donors (Lipinski definition) is 2. The van der Waals surface area contributed by atoms with Gasteiger partial charge in [-0.2, -0.15) is 0 Å². The molecule has 6 nitrogen and oxygen atoms in total. The van der Waals surface area contributed by atoms with Gasteiger partial charge in [-0.05, 0) is 24.3 Å². The Balaban J connectivity index is 1.77. The molecule has 0 spiro atoms. The number of anilines is 1. The van der Waals surface area contributed by atoms with Crippen LogP contribution in [0.1, 0.15) is 9.67 Å². The number of carbonyl (C=O) groups excluding carboxylic acids is 3. The third-order valence-corrected chi connectivity index (χ3v) is 4.08. The number of hydrogen-bond acceptors (Lipinski definition) is 5. The maximum absolute atomic E-state index is 13.4. The number of nitrogens with one attached hydrogen (secondary N) is 2.